The van der Waals surface area contributed by atoms with Crippen LogP contribution in [0, 0.1) is 0 Å². The minimum Gasteiger partial charge on any atom is -0.272 e. The fourth-order valence-electron chi connectivity index (χ4n) is 1.85. The minimum atomic E-state index is -0.184. The van der Waals surface area contributed by atoms with E-state index in [2.05, 4.69) is 10.5 Å². The van der Waals surface area contributed by atoms with E-state index in [1.54, 1.807) is 30.3 Å². The highest BCUT2D eigenvalue weighted by atomic mass is 35.5. The molecule has 0 radical (unpaired) electrons. The maximum atomic E-state index is 11.9. The molecule has 0 atom stereocenters. The zero-order valence-corrected chi connectivity index (χ0v) is 15.9. The molecule has 0 unspecified atom stereocenters. The van der Waals surface area contributed by atoms with E-state index in [0.717, 1.165) is 11.1 Å². The molecule has 24 heavy (non-hydrogen) atoms. The van der Waals surface area contributed by atoms with Crippen molar-refractivity contribution < 1.29 is 4.79 Å². The Morgan fingerprint density at radius 1 is 1.08 bits per heavy atom. The number of hydrazone groups is 1. The van der Waals surface area contributed by atoms with Gasteiger partial charge in [-0.05, 0) is 42.3 Å². The van der Waals surface area contributed by atoms with Crippen LogP contribution >= 0.6 is 46.6 Å². The molecule has 1 N–H and O–H groups in total. The third kappa shape index (κ3) is 5.71. The SMILES string of the molecule is C/C(=N/NC(=O)CSCc1c(Cl)cccc1Cl)c1ccc(Cl)cc1. The third-order valence-corrected chi connectivity index (χ3v) is 5.07. The van der Waals surface area contributed by atoms with Crippen LogP contribution in [0.4, 0.5) is 0 Å². The summed E-state index contributed by atoms with van der Waals surface area (Å²) in [5, 5.41) is 5.96. The van der Waals surface area contributed by atoms with Crippen LogP contribution in [0.1, 0.15) is 18.1 Å². The van der Waals surface area contributed by atoms with Gasteiger partial charge in [0.25, 0.3) is 0 Å². The Hall–Kier alpha value is -1.20. The third-order valence-electron chi connectivity index (χ3n) is 3.15. The van der Waals surface area contributed by atoms with Gasteiger partial charge in [-0.25, -0.2) is 5.43 Å². The lowest BCUT2D eigenvalue weighted by Crippen LogP contribution is -2.21. The Morgan fingerprint density at radius 3 is 2.33 bits per heavy atom. The van der Waals surface area contributed by atoms with E-state index in [1.165, 1.54) is 11.8 Å². The standard InChI is InChI=1S/C17H15Cl3N2OS/c1-11(12-5-7-13(18)8-6-12)21-22-17(23)10-24-9-14-15(19)3-2-4-16(14)20/h2-8H,9-10H2,1H3,(H,22,23)/b21-11-. The van der Waals surface area contributed by atoms with Crippen LogP contribution in [0.25, 0.3) is 0 Å². The largest absolute Gasteiger partial charge is 0.272 e. The van der Waals surface area contributed by atoms with Gasteiger partial charge < -0.3 is 0 Å². The molecular formula is C17H15Cl3N2OS. The monoisotopic (exact) mass is 400 g/mol. The molecule has 2 aromatic rings. The summed E-state index contributed by atoms with van der Waals surface area (Å²) in [4.78, 5) is 11.9. The second-order valence-corrected chi connectivity index (χ2v) is 7.17. The van der Waals surface area contributed by atoms with Crippen molar-refractivity contribution in [3.8, 4) is 0 Å². The van der Waals surface area contributed by atoms with Gasteiger partial charge in [0.1, 0.15) is 0 Å². The van der Waals surface area contributed by atoms with E-state index < -0.39 is 0 Å². The van der Waals surface area contributed by atoms with Crippen LogP contribution in [-0.2, 0) is 10.5 Å². The number of halogens is 3. The Balaban J connectivity index is 1.83. The summed E-state index contributed by atoms with van der Waals surface area (Å²) in [5.41, 5.74) is 4.98. The van der Waals surface area contributed by atoms with Gasteiger partial charge in [0.2, 0.25) is 5.91 Å². The number of hydrogen-bond donors (Lipinski definition) is 1. The lowest BCUT2D eigenvalue weighted by Gasteiger charge is -2.06. The zero-order valence-electron chi connectivity index (χ0n) is 12.9. The second kappa shape index (κ2) is 9.33. The molecule has 0 heterocycles. The summed E-state index contributed by atoms with van der Waals surface area (Å²) >= 11 is 19.5. The molecule has 0 aromatic heterocycles. The van der Waals surface area contributed by atoms with Gasteiger partial charge in [-0.1, -0.05) is 53.0 Å². The predicted octanol–water partition coefficient (Wildman–Crippen LogP) is 5.42. The Labute approximate surface area is 160 Å². The number of nitrogens with one attached hydrogen (secondary N) is 1. The van der Waals surface area contributed by atoms with Crippen molar-refractivity contribution in [2.45, 2.75) is 12.7 Å². The first-order chi connectivity index (χ1) is 11.5. The Bertz CT molecular complexity index is 728. The van der Waals surface area contributed by atoms with Gasteiger partial charge in [-0.3, -0.25) is 4.79 Å². The van der Waals surface area contributed by atoms with Gasteiger partial charge in [-0.2, -0.15) is 5.10 Å². The van der Waals surface area contributed by atoms with E-state index >= 15 is 0 Å². The van der Waals surface area contributed by atoms with Crippen molar-refractivity contribution >= 4 is 58.2 Å². The molecule has 7 heteroatoms. The van der Waals surface area contributed by atoms with Crippen LogP contribution in [0.15, 0.2) is 47.6 Å². The van der Waals surface area contributed by atoms with Gasteiger partial charge in [-0.15, -0.1) is 11.8 Å². The number of amides is 1. The number of carbonyl (C=O) groups is 1. The van der Waals surface area contributed by atoms with Crippen LogP contribution < -0.4 is 5.43 Å². The summed E-state index contributed by atoms with van der Waals surface area (Å²) in [7, 11) is 0. The highest BCUT2D eigenvalue weighted by Gasteiger charge is 2.07. The molecule has 0 aliphatic carbocycles. The van der Waals surface area contributed by atoms with E-state index in [4.69, 9.17) is 34.8 Å². The predicted molar refractivity (Wildman–Crippen MR) is 104 cm³/mol. The van der Waals surface area contributed by atoms with Crippen molar-refractivity contribution in [1.82, 2.24) is 5.43 Å². The lowest BCUT2D eigenvalue weighted by atomic mass is 10.1. The number of thioether (sulfide) groups is 1. The quantitative estimate of drug-likeness (QED) is 0.518. The average Bonchev–Trinajstić information content (AvgIpc) is 2.56. The highest BCUT2D eigenvalue weighted by Crippen LogP contribution is 2.28. The van der Waals surface area contributed by atoms with E-state index in [-0.39, 0.29) is 11.7 Å². The summed E-state index contributed by atoms with van der Waals surface area (Å²) in [5.74, 6) is 0.640. The first-order valence-electron chi connectivity index (χ1n) is 7.07. The fourth-order valence-corrected chi connectivity index (χ4v) is 3.53. The summed E-state index contributed by atoms with van der Waals surface area (Å²) in [6.45, 7) is 1.82. The molecule has 0 spiro atoms. The molecule has 1 amide bonds. The fraction of sp³-hybridized carbons (Fsp3) is 0.176. The smallest absolute Gasteiger partial charge is 0.250 e. The van der Waals surface area contributed by atoms with Gasteiger partial charge >= 0.3 is 0 Å². The van der Waals surface area contributed by atoms with Gasteiger partial charge in [0.05, 0.1) is 11.5 Å². The topological polar surface area (TPSA) is 41.5 Å². The van der Waals surface area contributed by atoms with Crippen LogP contribution in [0.5, 0.6) is 0 Å². The maximum Gasteiger partial charge on any atom is 0.250 e. The van der Waals surface area contributed by atoms with Crippen LogP contribution in [0.3, 0.4) is 0 Å². The first kappa shape index (κ1) is 19.1. The Morgan fingerprint density at radius 2 is 1.71 bits per heavy atom. The maximum absolute atomic E-state index is 11.9. The van der Waals surface area contributed by atoms with Crippen LogP contribution in [0.2, 0.25) is 15.1 Å². The van der Waals surface area contributed by atoms with Gasteiger partial charge in [0, 0.05) is 20.8 Å². The first-order valence-corrected chi connectivity index (χ1v) is 9.36. The number of nitrogens with zero attached hydrogens (tertiary/aromatic N) is 1. The molecule has 0 saturated heterocycles. The molecule has 0 bridgehead atoms. The van der Waals surface area contributed by atoms with Crippen molar-refractivity contribution in [2.75, 3.05) is 5.75 Å². The van der Waals surface area contributed by atoms with Crippen molar-refractivity contribution in [3.05, 3.63) is 68.7 Å². The summed E-state index contributed by atoms with van der Waals surface area (Å²) in [6.07, 6.45) is 0. The molecule has 2 rings (SSSR count). The molecule has 126 valence electrons. The summed E-state index contributed by atoms with van der Waals surface area (Å²) < 4.78 is 0. The van der Waals surface area contributed by atoms with E-state index in [9.17, 15) is 4.79 Å². The number of carbonyl (C=O) groups excluding carboxylic acids is 1. The second-order valence-electron chi connectivity index (χ2n) is 4.93. The van der Waals surface area contributed by atoms with Crippen molar-refractivity contribution in [1.29, 1.82) is 0 Å². The van der Waals surface area contributed by atoms with E-state index in [1.807, 2.05) is 19.1 Å². The molecule has 0 fully saturated rings. The molecule has 3 nitrogen and oxygen atoms in total. The average molecular weight is 402 g/mol. The molecule has 2 aromatic carbocycles. The molecule has 0 aliphatic rings. The molecule has 0 aliphatic heterocycles. The molecular weight excluding hydrogens is 387 g/mol. The lowest BCUT2D eigenvalue weighted by molar-refractivity contribution is -0.118. The zero-order chi connectivity index (χ0) is 17.5. The Kier molecular flexibility index (Phi) is 7.43. The van der Waals surface area contributed by atoms with Crippen LogP contribution in [-0.4, -0.2) is 17.4 Å². The summed E-state index contributed by atoms with van der Waals surface area (Å²) in [6, 6.07) is 12.6. The normalized spacial score (nSPS) is 11.4. The number of hydrogen-bond acceptors (Lipinski definition) is 3. The number of rotatable bonds is 6. The number of benzene rings is 2. The van der Waals surface area contributed by atoms with Crippen molar-refractivity contribution in [2.24, 2.45) is 5.10 Å². The van der Waals surface area contributed by atoms with Crippen molar-refractivity contribution in [3.63, 3.8) is 0 Å². The minimum absolute atomic E-state index is 0.184. The van der Waals surface area contributed by atoms with Gasteiger partial charge in [0.15, 0.2) is 0 Å². The molecule has 0 saturated carbocycles. The van der Waals surface area contributed by atoms with E-state index in [0.29, 0.717) is 26.5 Å². The highest BCUT2D eigenvalue weighted by molar-refractivity contribution is 7.99.